The number of benzene rings is 1. The summed E-state index contributed by atoms with van der Waals surface area (Å²) in [4.78, 5) is 3.94. The second-order valence-electron chi connectivity index (χ2n) is 3.89. The third-order valence-corrected chi connectivity index (χ3v) is 4.52. The van der Waals surface area contributed by atoms with Crippen molar-refractivity contribution in [1.82, 2.24) is 9.36 Å². The lowest BCUT2D eigenvalue weighted by Gasteiger charge is -2.11. The summed E-state index contributed by atoms with van der Waals surface area (Å²) in [5.41, 5.74) is 5.98. The van der Waals surface area contributed by atoms with E-state index >= 15 is 0 Å². The van der Waals surface area contributed by atoms with Gasteiger partial charge in [0.1, 0.15) is 16.5 Å². The average Bonchev–Trinajstić information content (AvgIpc) is 2.76. The van der Waals surface area contributed by atoms with Crippen molar-refractivity contribution in [3.63, 3.8) is 0 Å². The van der Waals surface area contributed by atoms with Crippen LogP contribution in [-0.2, 0) is 10.0 Å². The van der Waals surface area contributed by atoms with Crippen LogP contribution in [-0.4, -0.2) is 24.4 Å². The quantitative estimate of drug-likeness (QED) is 0.812. The normalized spacial score (nSPS) is 11.3. The summed E-state index contributed by atoms with van der Waals surface area (Å²) < 4.78 is 36.3. The van der Waals surface area contributed by atoms with Crippen LogP contribution in [0.2, 0.25) is 0 Å². The number of nitrogens with two attached hydrogens (primary N) is 1. The highest BCUT2D eigenvalue weighted by molar-refractivity contribution is 7.93. The van der Waals surface area contributed by atoms with Gasteiger partial charge in [0.2, 0.25) is 5.13 Å². The Bertz CT molecular complexity index is 712. The second-order valence-corrected chi connectivity index (χ2v) is 6.29. The van der Waals surface area contributed by atoms with Gasteiger partial charge in [-0.15, -0.1) is 0 Å². The van der Waals surface area contributed by atoms with Gasteiger partial charge >= 0.3 is 0 Å². The standard InChI is InChI=1S/C11H14N4O3S2/c1-3-18-9-5-4-8(12)6-10(9)20(16,17)15-11-13-7(2)14-19-11/h4-6H,3,12H2,1-2H3,(H,13,14,15). The third-order valence-electron chi connectivity index (χ3n) is 2.31. The molecule has 3 N–H and O–H groups in total. The summed E-state index contributed by atoms with van der Waals surface area (Å²) >= 11 is 0.971. The molecule has 0 unspecified atom stereocenters. The molecule has 0 fully saturated rings. The highest BCUT2D eigenvalue weighted by atomic mass is 32.2. The first-order valence-electron chi connectivity index (χ1n) is 5.78. The fraction of sp³-hybridized carbons (Fsp3) is 0.273. The molecule has 0 spiro atoms. The van der Waals surface area contributed by atoms with Gasteiger partial charge in [-0.25, -0.2) is 13.4 Å². The molecule has 108 valence electrons. The maximum Gasteiger partial charge on any atom is 0.267 e. The Morgan fingerprint density at radius 3 is 2.80 bits per heavy atom. The molecular formula is C11H14N4O3S2. The Balaban J connectivity index is 2.40. The number of hydrogen-bond acceptors (Lipinski definition) is 7. The van der Waals surface area contributed by atoms with Crippen LogP contribution >= 0.6 is 11.5 Å². The van der Waals surface area contributed by atoms with Crippen molar-refractivity contribution in [1.29, 1.82) is 0 Å². The number of aromatic nitrogens is 2. The number of sulfonamides is 1. The number of hydrogen-bond donors (Lipinski definition) is 2. The first-order valence-corrected chi connectivity index (χ1v) is 8.03. The summed E-state index contributed by atoms with van der Waals surface area (Å²) in [5, 5.41) is 0.201. The van der Waals surface area contributed by atoms with Gasteiger partial charge < -0.3 is 10.5 Å². The van der Waals surface area contributed by atoms with Crippen molar-refractivity contribution in [2.24, 2.45) is 0 Å². The number of nitrogen functional groups attached to an aromatic ring is 1. The van der Waals surface area contributed by atoms with Crippen molar-refractivity contribution in [3.05, 3.63) is 24.0 Å². The van der Waals surface area contributed by atoms with Crippen molar-refractivity contribution >= 4 is 32.4 Å². The zero-order valence-corrected chi connectivity index (χ0v) is 12.6. The molecular weight excluding hydrogens is 300 g/mol. The third kappa shape index (κ3) is 3.17. The van der Waals surface area contributed by atoms with Gasteiger partial charge in [-0.2, -0.15) is 4.37 Å². The summed E-state index contributed by atoms with van der Waals surface area (Å²) in [6.07, 6.45) is 0. The molecule has 0 amide bonds. The lowest BCUT2D eigenvalue weighted by atomic mass is 10.3. The largest absolute Gasteiger partial charge is 0.492 e. The van der Waals surface area contributed by atoms with Crippen LogP contribution in [0.15, 0.2) is 23.1 Å². The Morgan fingerprint density at radius 1 is 1.45 bits per heavy atom. The van der Waals surface area contributed by atoms with Crippen LogP contribution < -0.4 is 15.2 Å². The number of nitrogens with one attached hydrogen (secondary N) is 1. The van der Waals surface area contributed by atoms with E-state index < -0.39 is 10.0 Å². The van der Waals surface area contributed by atoms with Gasteiger partial charge in [-0.05, 0) is 32.0 Å². The molecule has 0 aliphatic rings. The first kappa shape index (κ1) is 14.5. The molecule has 1 aromatic heterocycles. The van der Waals surface area contributed by atoms with Gasteiger partial charge in [0.05, 0.1) is 6.61 Å². The Labute approximate surface area is 121 Å². The lowest BCUT2D eigenvalue weighted by molar-refractivity contribution is 0.331. The zero-order chi connectivity index (χ0) is 14.8. The lowest BCUT2D eigenvalue weighted by Crippen LogP contribution is -2.14. The van der Waals surface area contributed by atoms with E-state index in [1.54, 1.807) is 19.9 Å². The Kier molecular flexibility index (Phi) is 4.09. The molecule has 0 atom stereocenters. The van der Waals surface area contributed by atoms with Crippen molar-refractivity contribution in [3.8, 4) is 5.75 Å². The van der Waals surface area contributed by atoms with E-state index in [2.05, 4.69) is 14.1 Å². The van der Waals surface area contributed by atoms with Crippen LogP contribution in [0.3, 0.4) is 0 Å². The second kappa shape index (κ2) is 5.63. The van der Waals surface area contributed by atoms with Gasteiger partial charge in [0.15, 0.2) is 0 Å². The van der Waals surface area contributed by atoms with Crippen LogP contribution in [0.1, 0.15) is 12.7 Å². The minimum absolute atomic E-state index is 0.0211. The summed E-state index contributed by atoms with van der Waals surface area (Å²) in [6, 6.07) is 4.46. The summed E-state index contributed by atoms with van der Waals surface area (Å²) in [7, 11) is -3.82. The molecule has 0 bridgehead atoms. The van der Waals surface area contributed by atoms with Crippen molar-refractivity contribution in [2.75, 3.05) is 17.1 Å². The number of anilines is 2. The van der Waals surface area contributed by atoms with E-state index in [0.717, 1.165) is 11.5 Å². The predicted molar refractivity (Wildman–Crippen MR) is 77.5 cm³/mol. The first-order chi connectivity index (χ1) is 9.42. The topological polar surface area (TPSA) is 107 Å². The molecule has 2 aromatic rings. The SMILES string of the molecule is CCOc1ccc(N)cc1S(=O)(=O)Nc1nc(C)ns1. The molecule has 7 nitrogen and oxygen atoms in total. The molecule has 0 aliphatic heterocycles. The number of ether oxygens (including phenoxy) is 1. The van der Waals surface area contributed by atoms with Gasteiger partial charge in [-0.3, -0.25) is 4.72 Å². The van der Waals surface area contributed by atoms with Crippen molar-refractivity contribution in [2.45, 2.75) is 18.7 Å². The zero-order valence-electron chi connectivity index (χ0n) is 11.0. The molecule has 9 heteroatoms. The minimum Gasteiger partial charge on any atom is -0.492 e. The highest BCUT2D eigenvalue weighted by Gasteiger charge is 2.21. The fourth-order valence-corrected chi connectivity index (χ4v) is 3.50. The van der Waals surface area contributed by atoms with Gasteiger partial charge in [0, 0.05) is 17.2 Å². The monoisotopic (exact) mass is 314 g/mol. The summed E-state index contributed by atoms with van der Waals surface area (Å²) in [5.74, 6) is 0.751. The minimum atomic E-state index is -3.82. The molecule has 20 heavy (non-hydrogen) atoms. The van der Waals surface area contributed by atoms with E-state index in [0.29, 0.717) is 18.1 Å². The van der Waals surface area contributed by atoms with Gasteiger partial charge in [-0.1, -0.05) is 0 Å². The maximum absolute atomic E-state index is 12.4. The molecule has 0 aliphatic carbocycles. The summed E-state index contributed by atoms with van der Waals surface area (Å²) in [6.45, 7) is 3.80. The fourth-order valence-electron chi connectivity index (χ4n) is 1.52. The number of aryl methyl sites for hydroxylation is 1. The maximum atomic E-state index is 12.4. The molecule has 0 saturated heterocycles. The van der Waals surface area contributed by atoms with E-state index in [-0.39, 0.29) is 15.8 Å². The molecule has 2 rings (SSSR count). The van der Waals surface area contributed by atoms with E-state index in [4.69, 9.17) is 10.5 Å². The van der Waals surface area contributed by atoms with E-state index in [1.807, 2.05) is 0 Å². The van der Waals surface area contributed by atoms with E-state index in [9.17, 15) is 8.42 Å². The average molecular weight is 314 g/mol. The molecule has 0 saturated carbocycles. The van der Waals surface area contributed by atoms with Gasteiger partial charge in [0.25, 0.3) is 10.0 Å². The van der Waals surface area contributed by atoms with E-state index in [1.165, 1.54) is 12.1 Å². The van der Waals surface area contributed by atoms with Crippen LogP contribution in [0, 0.1) is 6.92 Å². The van der Waals surface area contributed by atoms with Crippen molar-refractivity contribution < 1.29 is 13.2 Å². The van der Waals surface area contributed by atoms with Crippen LogP contribution in [0.5, 0.6) is 5.75 Å². The van der Waals surface area contributed by atoms with Crippen LogP contribution in [0.4, 0.5) is 10.8 Å². The molecule has 1 aromatic carbocycles. The highest BCUT2D eigenvalue weighted by Crippen LogP contribution is 2.28. The predicted octanol–water partition coefficient (Wildman–Crippen LogP) is 1.63. The number of nitrogens with zero attached hydrogens (tertiary/aromatic N) is 2. The van der Waals surface area contributed by atoms with Crippen LogP contribution in [0.25, 0.3) is 0 Å². The Morgan fingerprint density at radius 2 is 2.20 bits per heavy atom. The molecule has 0 radical (unpaired) electrons. The number of rotatable bonds is 5. The smallest absolute Gasteiger partial charge is 0.267 e. The molecule has 1 heterocycles. The Hall–Kier alpha value is -1.87.